The van der Waals surface area contributed by atoms with Crippen molar-refractivity contribution in [3.05, 3.63) is 53.4 Å². The number of benzene rings is 1. The van der Waals surface area contributed by atoms with Gasteiger partial charge in [-0.1, -0.05) is 23.7 Å². The number of hydrogen-bond acceptors (Lipinski definition) is 7. The first-order chi connectivity index (χ1) is 13.5. The summed E-state index contributed by atoms with van der Waals surface area (Å²) in [5, 5.41) is 19.8. The summed E-state index contributed by atoms with van der Waals surface area (Å²) in [6.07, 6.45) is 5.06. The average Bonchev–Trinajstić information content (AvgIpc) is 3.09. The highest BCUT2D eigenvalue weighted by molar-refractivity contribution is 6.32. The van der Waals surface area contributed by atoms with E-state index in [1.54, 1.807) is 17.1 Å². The van der Waals surface area contributed by atoms with E-state index >= 15 is 0 Å². The van der Waals surface area contributed by atoms with Crippen molar-refractivity contribution in [2.24, 2.45) is 0 Å². The van der Waals surface area contributed by atoms with Crippen LogP contribution < -0.4 is 15.4 Å². The summed E-state index contributed by atoms with van der Waals surface area (Å²) in [5.41, 5.74) is 1.77. The molecule has 0 aliphatic carbocycles. The van der Waals surface area contributed by atoms with Crippen LogP contribution in [0.2, 0.25) is 5.02 Å². The Morgan fingerprint density at radius 3 is 2.93 bits per heavy atom. The van der Waals surface area contributed by atoms with Gasteiger partial charge in [0.25, 0.3) is 0 Å². The third-order valence-corrected chi connectivity index (χ3v) is 3.97. The Morgan fingerprint density at radius 2 is 2.14 bits per heavy atom. The highest BCUT2D eigenvalue weighted by atomic mass is 35.5. The molecule has 0 atom stereocenters. The molecule has 0 aliphatic heterocycles. The van der Waals surface area contributed by atoms with Crippen molar-refractivity contribution in [2.45, 2.75) is 33.0 Å². The first-order valence-corrected chi connectivity index (χ1v) is 9.33. The van der Waals surface area contributed by atoms with E-state index in [1.165, 1.54) is 6.20 Å². The fraction of sp³-hybridized carbons (Fsp3) is 0.316. The fourth-order valence-electron chi connectivity index (χ4n) is 2.52. The third kappa shape index (κ3) is 5.58. The number of ether oxygens (including phenoxy) is 1. The van der Waals surface area contributed by atoms with Gasteiger partial charge in [0.05, 0.1) is 37.3 Å². The lowest BCUT2D eigenvalue weighted by Crippen LogP contribution is -2.07. The molecule has 3 aromatic rings. The van der Waals surface area contributed by atoms with Gasteiger partial charge in [-0.3, -0.25) is 4.68 Å². The van der Waals surface area contributed by atoms with E-state index in [4.69, 9.17) is 21.4 Å². The minimum Gasteiger partial charge on any atom is -0.491 e. The van der Waals surface area contributed by atoms with E-state index in [0.29, 0.717) is 29.9 Å². The molecule has 0 radical (unpaired) electrons. The normalized spacial score (nSPS) is 10.9. The van der Waals surface area contributed by atoms with Gasteiger partial charge >= 0.3 is 0 Å². The zero-order valence-electron chi connectivity index (χ0n) is 15.8. The number of hydrogen-bond donors (Lipinski definition) is 3. The van der Waals surface area contributed by atoms with Crippen molar-refractivity contribution in [3.63, 3.8) is 0 Å². The molecule has 28 heavy (non-hydrogen) atoms. The second kappa shape index (κ2) is 9.38. The molecule has 2 heterocycles. The van der Waals surface area contributed by atoms with Crippen molar-refractivity contribution >= 4 is 29.1 Å². The van der Waals surface area contributed by atoms with Crippen molar-refractivity contribution in [2.75, 3.05) is 17.2 Å². The number of aliphatic hydroxyl groups is 1. The van der Waals surface area contributed by atoms with Crippen LogP contribution in [0.5, 0.6) is 5.75 Å². The van der Waals surface area contributed by atoms with Crippen molar-refractivity contribution in [3.8, 4) is 5.75 Å². The molecule has 0 saturated carbocycles. The zero-order valence-corrected chi connectivity index (χ0v) is 16.5. The predicted octanol–water partition coefficient (Wildman–Crippen LogP) is 3.46. The Labute approximate surface area is 168 Å². The van der Waals surface area contributed by atoms with Crippen LogP contribution in [0.25, 0.3) is 0 Å². The second-order valence-corrected chi connectivity index (χ2v) is 6.81. The van der Waals surface area contributed by atoms with Crippen LogP contribution in [0, 0.1) is 0 Å². The summed E-state index contributed by atoms with van der Waals surface area (Å²) in [5.74, 6) is 1.75. The van der Waals surface area contributed by atoms with Gasteiger partial charge in [0.2, 0.25) is 5.95 Å². The van der Waals surface area contributed by atoms with Crippen LogP contribution in [-0.2, 0) is 13.1 Å². The van der Waals surface area contributed by atoms with E-state index < -0.39 is 0 Å². The van der Waals surface area contributed by atoms with Crippen molar-refractivity contribution in [1.82, 2.24) is 19.7 Å². The minimum absolute atomic E-state index is 0.0239. The monoisotopic (exact) mass is 402 g/mol. The first kappa shape index (κ1) is 19.9. The molecule has 0 amide bonds. The smallest absolute Gasteiger partial charge is 0.229 e. The molecule has 3 rings (SSSR count). The molecule has 0 aliphatic rings. The molecule has 0 unspecified atom stereocenters. The lowest BCUT2D eigenvalue weighted by Gasteiger charge is -2.12. The number of rotatable bonds is 9. The van der Waals surface area contributed by atoms with Gasteiger partial charge in [-0.15, -0.1) is 0 Å². The molecule has 1 aromatic carbocycles. The summed E-state index contributed by atoms with van der Waals surface area (Å²) in [4.78, 5) is 8.62. The van der Waals surface area contributed by atoms with Crippen LogP contribution >= 0.6 is 11.6 Å². The molecule has 9 heteroatoms. The summed E-state index contributed by atoms with van der Waals surface area (Å²) >= 11 is 6.23. The molecule has 3 N–H and O–H groups in total. The standard InChI is InChI=1S/C19H23ClN6O2/c1-13(2)28-16-5-3-4-14(8-16)9-21-18-17(20)11-22-19(25-18)24-15-10-23-26(12-15)6-7-27/h3-5,8,10-13,27H,6-7,9H2,1-2H3,(H2,21,22,24,25). The summed E-state index contributed by atoms with van der Waals surface area (Å²) < 4.78 is 7.35. The van der Waals surface area contributed by atoms with E-state index in [9.17, 15) is 0 Å². The topological polar surface area (TPSA) is 97.1 Å². The number of aliphatic hydroxyl groups excluding tert-OH is 1. The van der Waals surface area contributed by atoms with Crippen LogP contribution in [-0.4, -0.2) is 37.6 Å². The average molecular weight is 403 g/mol. The van der Waals surface area contributed by atoms with Gasteiger partial charge in [-0.05, 0) is 31.5 Å². The number of aromatic nitrogens is 4. The third-order valence-electron chi connectivity index (χ3n) is 3.69. The van der Waals surface area contributed by atoms with Crippen LogP contribution in [0.4, 0.5) is 17.5 Å². The van der Waals surface area contributed by atoms with E-state index in [0.717, 1.165) is 17.0 Å². The summed E-state index contributed by atoms with van der Waals surface area (Å²) in [6, 6.07) is 7.87. The lowest BCUT2D eigenvalue weighted by molar-refractivity contribution is 0.242. The van der Waals surface area contributed by atoms with E-state index in [1.807, 2.05) is 38.1 Å². The second-order valence-electron chi connectivity index (χ2n) is 6.40. The van der Waals surface area contributed by atoms with Gasteiger partial charge in [-0.25, -0.2) is 4.98 Å². The minimum atomic E-state index is 0.0239. The highest BCUT2D eigenvalue weighted by Crippen LogP contribution is 2.23. The van der Waals surface area contributed by atoms with Gasteiger partial charge in [0.1, 0.15) is 10.8 Å². The largest absolute Gasteiger partial charge is 0.491 e. The molecule has 0 bridgehead atoms. The summed E-state index contributed by atoms with van der Waals surface area (Å²) in [7, 11) is 0. The molecule has 0 fully saturated rings. The van der Waals surface area contributed by atoms with Crippen molar-refractivity contribution in [1.29, 1.82) is 0 Å². The molecule has 148 valence electrons. The Balaban J connectivity index is 1.66. The Bertz CT molecular complexity index is 915. The maximum Gasteiger partial charge on any atom is 0.229 e. The number of halogens is 1. The van der Waals surface area contributed by atoms with Crippen LogP contribution in [0.1, 0.15) is 19.4 Å². The van der Waals surface area contributed by atoms with Gasteiger partial charge in [0.15, 0.2) is 5.82 Å². The Hall–Kier alpha value is -2.84. The Kier molecular flexibility index (Phi) is 6.67. The van der Waals surface area contributed by atoms with E-state index in [-0.39, 0.29) is 12.7 Å². The predicted molar refractivity (Wildman–Crippen MR) is 109 cm³/mol. The SMILES string of the molecule is CC(C)Oc1cccc(CNc2nc(Nc3cnn(CCO)c3)ncc2Cl)c1. The van der Waals surface area contributed by atoms with Gasteiger partial charge in [-0.2, -0.15) is 10.1 Å². The molecule has 0 saturated heterocycles. The zero-order chi connectivity index (χ0) is 19.9. The molecule has 2 aromatic heterocycles. The van der Waals surface area contributed by atoms with Crippen molar-refractivity contribution < 1.29 is 9.84 Å². The fourth-order valence-corrected chi connectivity index (χ4v) is 2.68. The summed E-state index contributed by atoms with van der Waals surface area (Å²) in [6.45, 7) is 4.98. The maximum absolute atomic E-state index is 8.96. The molecular formula is C19H23ClN6O2. The Morgan fingerprint density at radius 1 is 1.29 bits per heavy atom. The highest BCUT2D eigenvalue weighted by Gasteiger charge is 2.08. The van der Waals surface area contributed by atoms with Crippen LogP contribution in [0.15, 0.2) is 42.9 Å². The maximum atomic E-state index is 8.96. The van der Waals surface area contributed by atoms with Gasteiger partial charge < -0.3 is 20.5 Å². The number of nitrogens with one attached hydrogen (secondary N) is 2. The van der Waals surface area contributed by atoms with Gasteiger partial charge in [0, 0.05) is 12.7 Å². The molecular weight excluding hydrogens is 380 g/mol. The molecule has 0 spiro atoms. The molecule has 8 nitrogen and oxygen atoms in total. The lowest BCUT2D eigenvalue weighted by atomic mass is 10.2. The first-order valence-electron chi connectivity index (χ1n) is 8.96. The number of anilines is 3. The quantitative estimate of drug-likeness (QED) is 0.504. The van der Waals surface area contributed by atoms with E-state index in [2.05, 4.69) is 25.7 Å². The van der Waals surface area contributed by atoms with Crippen LogP contribution in [0.3, 0.4) is 0 Å². The number of nitrogens with zero attached hydrogens (tertiary/aromatic N) is 4.